The SMILES string of the molecule is CCOC(=O)c1ccc(NC(=O)C2CNNC2S(=O)(=O)Nc2cc(C)cc(C)c2)cc1. The highest BCUT2D eigenvalue weighted by Gasteiger charge is 2.42. The Bertz CT molecular complexity index is 1050. The van der Waals surface area contributed by atoms with Crippen LogP contribution in [0.2, 0.25) is 0 Å². The van der Waals surface area contributed by atoms with Crippen molar-refractivity contribution >= 4 is 33.3 Å². The van der Waals surface area contributed by atoms with Crippen molar-refractivity contribution in [2.45, 2.75) is 26.1 Å². The van der Waals surface area contributed by atoms with Crippen LogP contribution in [-0.2, 0) is 19.6 Å². The van der Waals surface area contributed by atoms with E-state index < -0.39 is 33.2 Å². The first-order valence-electron chi connectivity index (χ1n) is 9.86. The summed E-state index contributed by atoms with van der Waals surface area (Å²) in [6.45, 7) is 5.89. The van der Waals surface area contributed by atoms with Crippen LogP contribution in [0.4, 0.5) is 11.4 Å². The number of carbonyl (C=O) groups excluding carboxylic acids is 2. The molecule has 2 aromatic rings. The quantitative estimate of drug-likeness (QED) is 0.479. The molecular formula is C21H26N4O5S. The van der Waals surface area contributed by atoms with Gasteiger partial charge in [-0.2, -0.15) is 0 Å². The molecule has 166 valence electrons. The van der Waals surface area contributed by atoms with Crippen molar-refractivity contribution in [2.24, 2.45) is 5.92 Å². The normalized spacial score (nSPS) is 18.4. The number of anilines is 2. The van der Waals surface area contributed by atoms with Crippen molar-refractivity contribution in [3.63, 3.8) is 0 Å². The summed E-state index contributed by atoms with van der Waals surface area (Å²) in [6, 6.07) is 11.6. The minimum atomic E-state index is -3.90. The number of sulfonamides is 1. The molecule has 2 aromatic carbocycles. The molecule has 1 aliphatic heterocycles. The minimum Gasteiger partial charge on any atom is -0.462 e. The zero-order valence-electron chi connectivity index (χ0n) is 17.6. The molecule has 1 heterocycles. The number of esters is 1. The lowest BCUT2D eigenvalue weighted by molar-refractivity contribution is -0.119. The van der Waals surface area contributed by atoms with Crippen molar-refractivity contribution in [1.29, 1.82) is 0 Å². The van der Waals surface area contributed by atoms with Crippen LogP contribution in [0.25, 0.3) is 0 Å². The van der Waals surface area contributed by atoms with Crippen LogP contribution in [0, 0.1) is 19.8 Å². The molecule has 0 aromatic heterocycles. The Morgan fingerprint density at radius 2 is 1.71 bits per heavy atom. The monoisotopic (exact) mass is 446 g/mol. The second kappa shape index (κ2) is 9.46. The predicted octanol–water partition coefficient (Wildman–Crippen LogP) is 1.91. The van der Waals surface area contributed by atoms with E-state index in [4.69, 9.17) is 4.74 Å². The third kappa shape index (κ3) is 5.60. The van der Waals surface area contributed by atoms with E-state index in [1.165, 1.54) is 12.1 Å². The Morgan fingerprint density at radius 3 is 2.32 bits per heavy atom. The molecule has 9 nitrogen and oxygen atoms in total. The Labute approximate surface area is 181 Å². The zero-order valence-corrected chi connectivity index (χ0v) is 18.4. The third-order valence-electron chi connectivity index (χ3n) is 4.75. The zero-order chi connectivity index (χ0) is 22.6. The van der Waals surface area contributed by atoms with Gasteiger partial charge in [0, 0.05) is 17.9 Å². The van der Waals surface area contributed by atoms with Gasteiger partial charge in [0.1, 0.15) is 0 Å². The number of amides is 1. The molecule has 2 unspecified atom stereocenters. The maximum absolute atomic E-state index is 12.9. The lowest BCUT2D eigenvalue weighted by Crippen LogP contribution is -2.45. The van der Waals surface area contributed by atoms with Gasteiger partial charge in [0.2, 0.25) is 5.91 Å². The molecule has 0 radical (unpaired) electrons. The molecule has 1 fully saturated rings. The number of benzene rings is 2. The molecule has 10 heteroatoms. The smallest absolute Gasteiger partial charge is 0.338 e. The summed E-state index contributed by atoms with van der Waals surface area (Å²) >= 11 is 0. The Hall–Kier alpha value is -2.95. The summed E-state index contributed by atoms with van der Waals surface area (Å²) in [6.07, 6.45) is 0. The van der Waals surface area contributed by atoms with Gasteiger partial charge in [-0.15, -0.1) is 0 Å². The number of aryl methyl sites for hydroxylation is 2. The first-order valence-corrected chi connectivity index (χ1v) is 11.4. The minimum absolute atomic E-state index is 0.144. The summed E-state index contributed by atoms with van der Waals surface area (Å²) in [5, 5.41) is 1.54. The van der Waals surface area contributed by atoms with Gasteiger partial charge < -0.3 is 10.1 Å². The molecule has 1 saturated heterocycles. The van der Waals surface area contributed by atoms with Crippen molar-refractivity contribution in [2.75, 3.05) is 23.2 Å². The molecular weight excluding hydrogens is 420 g/mol. The Morgan fingerprint density at radius 1 is 1.06 bits per heavy atom. The maximum atomic E-state index is 12.9. The largest absolute Gasteiger partial charge is 0.462 e. The van der Waals surface area contributed by atoms with Crippen LogP contribution in [0.3, 0.4) is 0 Å². The first-order chi connectivity index (χ1) is 14.7. The summed E-state index contributed by atoms with van der Waals surface area (Å²) in [7, 11) is -3.90. The van der Waals surface area contributed by atoms with E-state index in [0.29, 0.717) is 16.9 Å². The van der Waals surface area contributed by atoms with Crippen molar-refractivity contribution in [3.05, 3.63) is 59.2 Å². The Kier molecular flexibility index (Phi) is 6.94. The van der Waals surface area contributed by atoms with E-state index >= 15 is 0 Å². The van der Waals surface area contributed by atoms with Crippen LogP contribution < -0.4 is 20.9 Å². The summed E-state index contributed by atoms with van der Waals surface area (Å²) < 4.78 is 33.3. The predicted molar refractivity (Wildman–Crippen MR) is 118 cm³/mol. The van der Waals surface area contributed by atoms with E-state index in [1.807, 2.05) is 19.9 Å². The van der Waals surface area contributed by atoms with E-state index in [9.17, 15) is 18.0 Å². The summed E-state index contributed by atoms with van der Waals surface area (Å²) in [5.74, 6) is -1.78. The highest BCUT2D eigenvalue weighted by Crippen LogP contribution is 2.22. The number of carbonyl (C=O) groups is 2. The molecule has 3 rings (SSSR count). The molecule has 0 bridgehead atoms. The molecule has 4 N–H and O–H groups in total. The van der Waals surface area contributed by atoms with Crippen LogP contribution in [0.5, 0.6) is 0 Å². The average molecular weight is 447 g/mol. The van der Waals surface area contributed by atoms with E-state index in [2.05, 4.69) is 20.9 Å². The van der Waals surface area contributed by atoms with Crippen molar-refractivity contribution in [3.8, 4) is 0 Å². The average Bonchev–Trinajstić information content (AvgIpc) is 3.19. The fraction of sp³-hybridized carbons (Fsp3) is 0.333. The van der Waals surface area contributed by atoms with Crippen LogP contribution >= 0.6 is 0 Å². The van der Waals surface area contributed by atoms with Gasteiger partial charge in [0.15, 0.2) is 5.37 Å². The topological polar surface area (TPSA) is 126 Å². The third-order valence-corrected chi connectivity index (χ3v) is 6.38. The standard InChI is InChI=1S/C21H26N4O5S/c1-4-30-21(27)15-5-7-16(8-6-15)23-19(26)18-12-22-24-20(18)31(28,29)25-17-10-13(2)9-14(3)11-17/h5-11,18,20,22,24-25H,4,12H2,1-3H3,(H,23,26). The van der Waals surface area contributed by atoms with Crippen LogP contribution in [-0.4, -0.2) is 38.8 Å². The number of hydrazine groups is 1. The van der Waals surface area contributed by atoms with Gasteiger partial charge >= 0.3 is 5.97 Å². The number of ether oxygens (including phenoxy) is 1. The molecule has 1 amide bonds. The van der Waals surface area contributed by atoms with Crippen molar-refractivity contribution in [1.82, 2.24) is 10.9 Å². The van der Waals surface area contributed by atoms with Gasteiger partial charge in [-0.05, 0) is 68.3 Å². The van der Waals surface area contributed by atoms with Gasteiger partial charge in [0.05, 0.1) is 18.1 Å². The maximum Gasteiger partial charge on any atom is 0.338 e. The fourth-order valence-electron chi connectivity index (χ4n) is 3.40. The molecule has 1 aliphatic rings. The lowest BCUT2D eigenvalue weighted by atomic mass is 10.1. The lowest BCUT2D eigenvalue weighted by Gasteiger charge is -2.20. The van der Waals surface area contributed by atoms with Crippen LogP contribution in [0.1, 0.15) is 28.4 Å². The summed E-state index contributed by atoms with van der Waals surface area (Å²) in [5.41, 5.74) is 8.54. The van der Waals surface area contributed by atoms with Crippen molar-refractivity contribution < 1.29 is 22.7 Å². The molecule has 31 heavy (non-hydrogen) atoms. The fourth-order valence-corrected chi connectivity index (χ4v) is 4.87. The van der Waals surface area contributed by atoms with E-state index in [1.54, 1.807) is 31.2 Å². The van der Waals surface area contributed by atoms with Gasteiger partial charge in [-0.1, -0.05) is 6.07 Å². The highest BCUT2D eigenvalue weighted by atomic mass is 32.2. The van der Waals surface area contributed by atoms with E-state index in [0.717, 1.165) is 11.1 Å². The molecule has 2 atom stereocenters. The molecule has 0 spiro atoms. The number of nitrogens with one attached hydrogen (secondary N) is 4. The molecule has 0 saturated carbocycles. The summed E-state index contributed by atoms with van der Waals surface area (Å²) in [4.78, 5) is 24.5. The van der Waals surface area contributed by atoms with Gasteiger partial charge in [-0.3, -0.25) is 14.9 Å². The number of rotatable bonds is 7. The second-order valence-corrected chi connectivity index (χ2v) is 9.16. The second-order valence-electron chi connectivity index (χ2n) is 7.36. The van der Waals surface area contributed by atoms with E-state index in [-0.39, 0.29) is 13.2 Å². The number of hydrogen-bond donors (Lipinski definition) is 4. The van der Waals surface area contributed by atoms with Crippen LogP contribution in [0.15, 0.2) is 42.5 Å². The number of hydrogen-bond acceptors (Lipinski definition) is 7. The molecule has 0 aliphatic carbocycles. The Balaban J connectivity index is 1.70. The first kappa shape index (κ1) is 22.7. The van der Waals surface area contributed by atoms with Gasteiger partial charge in [-0.25, -0.2) is 18.6 Å². The highest BCUT2D eigenvalue weighted by molar-refractivity contribution is 7.93. The van der Waals surface area contributed by atoms with Gasteiger partial charge in [0.25, 0.3) is 10.0 Å².